The zero-order chi connectivity index (χ0) is 20.0. The molecule has 3 aromatic heterocycles. The number of Topliss-reactive ketones (excluding diaryl/α,β-unsaturated/α-hetero) is 1. The van der Waals surface area contributed by atoms with E-state index in [1.54, 1.807) is 19.3 Å². The van der Waals surface area contributed by atoms with Crippen LogP contribution in [0, 0.1) is 0 Å². The molecule has 1 amide bonds. The molecule has 0 atom stereocenters. The van der Waals surface area contributed by atoms with E-state index in [9.17, 15) is 9.59 Å². The molecule has 0 aliphatic heterocycles. The van der Waals surface area contributed by atoms with Gasteiger partial charge < -0.3 is 5.32 Å². The van der Waals surface area contributed by atoms with Crippen LogP contribution in [0.15, 0.2) is 55.0 Å². The Labute approximate surface area is 171 Å². The third-order valence-corrected chi connectivity index (χ3v) is 6.17. The van der Waals surface area contributed by atoms with E-state index in [4.69, 9.17) is 0 Å². The number of nitrogens with zero attached hydrogens (tertiary/aromatic N) is 3. The van der Waals surface area contributed by atoms with Crippen LogP contribution in [0.25, 0.3) is 27.5 Å². The molecule has 0 unspecified atom stereocenters. The standard InChI is InChI=1S/C22H18N4O2S/c1-13(27)19-8-9-20(29-19)17-12-26-18(10-24-21(26)11-23-17)14-2-4-15(5-3-14)22(28)25-16-6-7-16/h2-5,8-12,16H,6-7H2,1H3,(H,25,28). The summed E-state index contributed by atoms with van der Waals surface area (Å²) in [6.45, 7) is 1.56. The van der Waals surface area contributed by atoms with Crippen molar-refractivity contribution in [3.05, 3.63) is 65.4 Å². The summed E-state index contributed by atoms with van der Waals surface area (Å²) < 4.78 is 1.98. The number of rotatable bonds is 5. The molecule has 1 fully saturated rings. The Morgan fingerprint density at radius 1 is 1.07 bits per heavy atom. The van der Waals surface area contributed by atoms with E-state index in [1.165, 1.54) is 11.3 Å². The summed E-state index contributed by atoms with van der Waals surface area (Å²) in [5.74, 6) is 0.0270. The predicted octanol–water partition coefficient (Wildman–Crippen LogP) is 4.22. The molecule has 1 aromatic carbocycles. The average Bonchev–Trinajstić information content (AvgIpc) is 3.24. The van der Waals surface area contributed by atoms with E-state index in [0.29, 0.717) is 16.5 Å². The van der Waals surface area contributed by atoms with Crippen molar-refractivity contribution in [2.24, 2.45) is 0 Å². The van der Waals surface area contributed by atoms with Gasteiger partial charge in [0.05, 0.1) is 33.5 Å². The zero-order valence-corrected chi connectivity index (χ0v) is 16.6. The minimum Gasteiger partial charge on any atom is -0.349 e. The fourth-order valence-corrected chi connectivity index (χ4v) is 4.05. The Kier molecular flexibility index (Phi) is 4.24. The van der Waals surface area contributed by atoms with Crippen LogP contribution < -0.4 is 5.32 Å². The number of hydrogen-bond donors (Lipinski definition) is 1. The lowest BCUT2D eigenvalue weighted by Crippen LogP contribution is -2.25. The molecule has 0 saturated heterocycles. The highest BCUT2D eigenvalue weighted by molar-refractivity contribution is 7.17. The Balaban J connectivity index is 1.48. The topological polar surface area (TPSA) is 76.4 Å². The van der Waals surface area contributed by atoms with Gasteiger partial charge in [-0.15, -0.1) is 11.3 Å². The van der Waals surface area contributed by atoms with Gasteiger partial charge in [-0.2, -0.15) is 0 Å². The van der Waals surface area contributed by atoms with Crippen LogP contribution in [0.3, 0.4) is 0 Å². The lowest BCUT2D eigenvalue weighted by atomic mass is 10.1. The van der Waals surface area contributed by atoms with Gasteiger partial charge >= 0.3 is 0 Å². The van der Waals surface area contributed by atoms with Crippen molar-refractivity contribution in [1.29, 1.82) is 0 Å². The highest BCUT2D eigenvalue weighted by atomic mass is 32.1. The molecule has 1 aliphatic rings. The summed E-state index contributed by atoms with van der Waals surface area (Å²) in [6.07, 6.45) is 7.60. The molecular weight excluding hydrogens is 384 g/mol. The second-order valence-electron chi connectivity index (χ2n) is 7.19. The minimum absolute atomic E-state index is 0.0253. The summed E-state index contributed by atoms with van der Waals surface area (Å²) in [5.41, 5.74) is 4.07. The first-order valence-electron chi connectivity index (χ1n) is 9.44. The normalized spacial score (nSPS) is 13.6. The third-order valence-electron chi connectivity index (χ3n) is 4.96. The maximum Gasteiger partial charge on any atom is 0.251 e. The molecule has 144 valence electrons. The van der Waals surface area contributed by atoms with E-state index < -0.39 is 0 Å². The number of thiophene rings is 1. The largest absolute Gasteiger partial charge is 0.349 e. The van der Waals surface area contributed by atoms with E-state index in [1.807, 2.05) is 47.0 Å². The Morgan fingerprint density at radius 3 is 2.55 bits per heavy atom. The van der Waals surface area contributed by atoms with Gasteiger partial charge in [-0.05, 0) is 44.0 Å². The highest BCUT2D eigenvalue weighted by Crippen LogP contribution is 2.29. The smallest absolute Gasteiger partial charge is 0.251 e. The lowest BCUT2D eigenvalue weighted by molar-refractivity contribution is 0.0950. The van der Waals surface area contributed by atoms with Crippen molar-refractivity contribution in [3.63, 3.8) is 0 Å². The molecule has 0 spiro atoms. The molecule has 1 saturated carbocycles. The number of aromatic nitrogens is 3. The number of benzene rings is 1. The van der Waals surface area contributed by atoms with Gasteiger partial charge in [0.15, 0.2) is 11.4 Å². The first kappa shape index (κ1) is 17.8. The van der Waals surface area contributed by atoms with Crippen LogP contribution in [0.5, 0.6) is 0 Å². The fraction of sp³-hybridized carbons (Fsp3) is 0.182. The number of nitrogens with one attached hydrogen (secondary N) is 1. The predicted molar refractivity (Wildman–Crippen MR) is 112 cm³/mol. The van der Waals surface area contributed by atoms with E-state index >= 15 is 0 Å². The van der Waals surface area contributed by atoms with E-state index in [0.717, 1.165) is 40.3 Å². The van der Waals surface area contributed by atoms with Gasteiger partial charge in [-0.25, -0.2) is 9.97 Å². The van der Waals surface area contributed by atoms with Gasteiger partial charge in [0.1, 0.15) is 0 Å². The quantitative estimate of drug-likeness (QED) is 0.507. The molecule has 0 radical (unpaired) electrons. The van der Waals surface area contributed by atoms with Crippen molar-refractivity contribution in [2.45, 2.75) is 25.8 Å². The maximum atomic E-state index is 12.2. The van der Waals surface area contributed by atoms with Crippen LogP contribution in [0.2, 0.25) is 0 Å². The second-order valence-corrected chi connectivity index (χ2v) is 8.27. The second kappa shape index (κ2) is 6.93. The molecular formula is C22H18N4O2S. The van der Waals surface area contributed by atoms with Crippen molar-refractivity contribution in [1.82, 2.24) is 19.7 Å². The molecule has 6 nitrogen and oxygen atoms in total. The first-order chi connectivity index (χ1) is 14.1. The Hall–Kier alpha value is -3.32. The number of imidazole rings is 1. The number of ketones is 1. The van der Waals surface area contributed by atoms with Gasteiger partial charge in [-0.1, -0.05) is 12.1 Å². The highest BCUT2D eigenvalue weighted by Gasteiger charge is 2.23. The molecule has 4 aromatic rings. The van der Waals surface area contributed by atoms with Crippen molar-refractivity contribution < 1.29 is 9.59 Å². The summed E-state index contributed by atoms with van der Waals surface area (Å²) in [6, 6.07) is 11.6. The van der Waals surface area contributed by atoms with Gasteiger partial charge in [0.2, 0.25) is 0 Å². The Morgan fingerprint density at radius 2 is 1.86 bits per heavy atom. The fourth-order valence-electron chi connectivity index (χ4n) is 3.18. The summed E-state index contributed by atoms with van der Waals surface area (Å²) in [4.78, 5) is 34.4. The molecule has 1 aliphatic carbocycles. The van der Waals surface area contributed by atoms with Crippen molar-refractivity contribution in [2.75, 3.05) is 0 Å². The van der Waals surface area contributed by atoms with E-state index in [-0.39, 0.29) is 11.7 Å². The molecule has 5 rings (SSSR count). The van der Waals surface area contributed by atoms with Crippen LogP contribution in [-0.4, -0.2) is 32.1 Å². The van der Waals surface area contributed by atoms with Gasteiger partial charge in [0.25, 0.3) is 5.91 Å². The third kappa shape index (κ3) is 3.45. The van der Waals surface area contributed by atoms with E-state index in [2.05, 4.69) is 15.3 Å². The van der Waals surface area contributed by atoms with Crippen LogP contribution >= 0.6 is 11.3 Å². The Bertz CT molecular complexity index is 1240. The molecule has 1 N–H and O–H groups in total. The minimum atomic E-state index is -0.0253. The molecule has 3 heterocycles. The summed E-state index contributed by atoms with van der Waals surface area (Å²) in [7, 11) is 0. The number of carbonyl (C=O) groups excluding carboxylic acids is 2. The molecule has 0 bridgehead atoms. The number of amides is 1. The molecule has 29 heavy (non-hydrogen) atoms. The number of carbonyl (C=O) groups is 2. The SMILES string of the molecule is CC(=O)c1ccc(-c2cn3c(-c4ccc(C(=O)NC5CC5)cc4)cnc3cn2)s1. The molecule has 7 heteroatoms. The van der Waals surface area contributed by atoms with Gasteiger partial charge in [0, 0.05) is 23.4 Å². The monoisotopic (exact) mass is 402 g/mol. The summed E-state index contributed by atoms with van der Waals surface area (Å²) in [5, 5.41) is 3.00. The van der Waals surface area contributed by atoms with Gasteiger partial charge in [-0.3, -0.25) is 14.0 Å². The lowest BCUT2D eigenvalue weighted by Gasteiger charge is -2.06. The number of fused-ring (bicyclic) bond motifs is 1. The average molecular weight is 402 g/mol. The van der Waals surface area contributed by atoms with Crippen LogP contribution in [0.1, 0.15) is 39.8 Å². The maximum absolute atomic E-state index is 12.2. The van der Waals surface area contributed by atoms with Crippen molar-refractivity contribution >= 4 is 28.7 Å². The summed E-state index contributed by atoms with van der Waals surface area (Å²) >= 11 is 1.43. The van der Waals surface area contributed by atoms with Crippen LogP contribution in [-0.2, 0) is 0 Å². The van der Waals surface area contributed by atoms with Crippen LogP contribution in [0.4, 0.5) is 0 Å². The first-order valence-corrected chi connectivity index (χ1v) is 10.3. The number of hydrogen-bond acceptors (Lipinski definition) is 5. The zero-order valence-electron chi connectivity index (χ0n) is 15.8. The van der Waals surface area contributed by atoms with Crippen molar-refractivity contribution in [3.8, 4) is 21.8 Å².